The second-order valence-corrected chi connectivity index (χ2v) is 3.03. The highest BCUT2D eigenvalue weighted by atomic mass is 16.1. The van der Waals surface area contributed by atoms with Gasteiger partial charge in [-0.05, 0) is 18.6 Å². The minimum atomic E-state index is -0.0365. The number of amides is 1. The van der Waals surface area contributed by atoms with E-state index in [0.717, 1.165) is 12.1 Å². The van der Waals surface area contributed by atoms with Crippen LogP contribution in [0.3, 0.4) is 0 Å². The standard InChI is InChI=1S/C9H11N3O/c1-6-2-3-10-8-7(6)9(13)12-5-4-11-8/h2-3H,4-5H2,1H3,(H,10,11)(H,12,13). The highest BCUT2D eigenvalue weighted by Crippen LogP contribution is 2.17. The van der Waals surface area contributed by atoms with Gasteiger partial charge in [-0.3, -0.25) is 4.79 Å². The first kappa shape index (κ1) is 8.04. The normalized spacial score (nSPS) is 15.3. The molecule has 0 saturated heterocycles. The molecule has 0 spiro atoms. The maximum atomic E-state index is 11.5. The number of hydrogen-bond acceptors (Lipinski definition) is 3. The molecule has 1 aromatic rings. The van der Waals surface area contributed by atoms with Crippen molar-refractivity contribution in [2.24, 2.45) is 0 Å². The number of aryl methyl sites for hydroxylation is 1. The Morgan fingerprint density at radius 2 is 2.15 bits per heavy atom. The van der Waals surface area contributed by atoms with E-state index in [2.05, 4.69) is 15.6 Å². The fourth-order valence-corrected chi connectivity index (χ4v) is 1.42. The highest BCUT2D eigenvalue weighted by molar-refractivity contribution is 6.00. The number of anilines is 1. The number of rotatable bonds is 0. The second-order valence-electron chi connectivity index (χ2n) is 3.03. The Balaban J connectivity index is 2.55. The molecule has 4 nitrogen and oxygen atoms in total. The fourth-order valence-electron chi connectivity index (χ4n) is 1.42. The third-order valence-electron chi connectivity index (χ3n) is 2.09. The van der Waals surface area contributed by atoms with Crippen LogP contribution in [-0.4, -0.2) is 24.0 Å². The Morgan fingerprint density at radius 3 is 3.00 bits per heavy atom. The summed E-state index contributed by atoms with van der Waals surface area (Å²) in [6.45, 7) is 3.29. The van der Waals surface area contributed by atoms with E-state index >= 15 is 0 Å². The highest BCUT2D eigenvalue weighted by Gasteiger charge is 2.17. The number of pyridine rings is 1. The van der Waals surface area contributed by atoms with Crippen molar-refractivity contribution in [2.45, 2.75) is 6.92 Å². The fraction of sp³-hybridized carbons (Fsp3) is 0.333. The van der Waals surface area contributed by atoms with E-state index in [4.69, 9.17) is 0 Å². The van der Waals surface area contributed by atoms with Gasteiger partial charge in [0, 0.05) is 19.3 Å². The topological polar surface area (TPSA) is 54.0 Å². The van der Waals surface area contributed by atoms with Crippen LogP contribution >= 0.6 is 0 Å². The van der Waals surface area contributed by atoms with Crippen LogP contribution in [0.5, 0.6) is 0 Å². The van der Waals surface area contributed by atoms with Gasteiger partial charge in [0.2, 0.25) is 0 Å². The number of carbonyl (C=O) groups excluding carboxylic acids is 1. The molecule has 0 bridgehead atoms. The first-order valence-corrected chi connectivity index (χ1v) is 4.27. The van der Waals surface area contributed by atoms with Crippen molar-refractivity contribution in [1.29, 1.82) is 0 Å². The van der Waals surface area contributed by atoms with E-state index in [-0.39, 0.29) is 5.91 Å². The average Bonchev–Trinajstić information content (AvgIpc) is 2.29. The Morgan fingerprint density at radius 1 is 1.38 bits per heavy atom. The van der Waals surface area contributed by atoms with Gasteiger partial charge in [-0.1, -0.05) is 0 Å². The van der Waals surface area contributed by atoms with Crippen LogP contribution in [0.15, 0.2) is 12.3 Å². The summed E-state index contributed by atoms with van der Waals surface area (Å²) in [6, 6.07) is 1.84. The lowest BCUT2D eigenvalue weighted by Crippen LogP contribution is -2.25. The molecule has 0 saturated carbocycles. The maximum Gasteiger partial charge on any atom is 0.255 e. The van der Waals surface area contributed by atoms with Gasteiger partial charge in [0.15, 0.2) is 0 Å². The van der Waals surface area contributed by atoms with Crippen LogP contribution < -0.4 is 10.6 Å². The lowest BCUT2D eigenvalue weighted by molar-refractivity contribution is 0.0957. The van der Waals surface area contributed by atoms with Gasteiger partial charge in [-0.2, -0.15) is 0 Å². The van der Waals surface area contributed by atoms with Crippen molar-refractivity contribution in [1.82, 2.24) is 10.3 Å². The minimum Gasteiger partial charge on any atom is -0.368 e. The molecule has 1 aromatic heterocycles. The first-order valence-electron chi connectivity index (χ1n) is 4.27. The van der Waals surface area contributed by atoms with E-state index in [1.54, 1.807) is 6.20 Å². The number of carbonyl (C=O) groups is 1. The third kappa shape index (κ3) is 1.35. The smallest absolute Gasteiger partial charge is 0.255 e. The Kier molecular flexibility index (Phi) is 1.88. The van der Waals surface area contributed by atoms with Crippen molar-refractivity contribution in [2.75, 3.05) is 18.4 Å². The molecule has 13 heavy (non-hydrogen) atoms. The summed E-state index contributed by atoms with van der Waals surface area (Å²) in [4.78, 5) is 15.7. The van der Waals surface area contributed by atoms with Gasteiger partial charge in [0.25, 0.3) is 5.91 Å². The second kappa shape index (κ2) is 3.05. The van der Waals surface area contributed by atoms with Gasteiger partial charge >= 0.3 is 0 Å². The number of aromatic nitrogens is 1. The molecule has 2 N–H and O–H groups in total. The van der Waals surface area contributed by atoms with Crippen LogP contribution in [-0.2, 0) is 0 Å². The number of nitrogens with zero attached hydrogens (tertiary/aromatic N) is 1. The average molecular weight is 177 g/mol. The van der Waals surface area contributed by atoms with Gasteiger partial charge < -0.3 is 10.6 Å². The van der Waals surface area contributed by atoms with Crippen LogP contribution in [0.4, 0.5) is 5.82 Å². The van der Waals surface area contributed by atoms with E-state index < -0.39 is 0 Å². The van der Waals surface area contributed by atoms with Gasteiger partial charge in [0.1, 0.15) is 5.82 Å². The molecule has 4 heteroatoms. The summed E-state index contributed by atoms with van der Waals surface area (Å²) in [7, 11) is 0. The maximum absolute atomic E-state index is 11.5. The van der Waals surface area contributed by atoms with E-state index in [1.807, 2.05) is 13.0 Å². The molecule has 0 radical (unpaired) electrons. The van der Waals surface area contributed by atoms with Crippen molar-refractivity contribution in [3.8, 4) is 0 Å². The van der Waals surface area contributed by atoms with Gasteiger partial charge in [-0.15, -0.1) is 0 Å². The molecule has 0 aliphatic carbocycles. The Hall–Kier alpha value is -1.58. The largest absolute Gasteiger partial charge is 0.368 e. The molecule has 68 valence electrons. The van der Waals surface area contributed by atoms with Crippen molar-refractivity contribution in [3.05, 3.63) is 23.4 Å². The monoisotopic (exact) mass is 177 g/mol. The van der Waals surface area contributed by atoms with E-state index in [1.165, 1.54) is 0 Å². The summed E-state index contributed by atoms with van der Waals surface area (Å²) in [5, 5.41) is 5.90. The lowest BCUT2D eigenvalue weighted by atomic mass is 10.1. The zero-order valence-electron chi connectivity index (χ0n) is 7.42. The van der Waals surface area contributed by atoms with Crippen LogP contribution in [0.25, 0.3) is 0 Å². The van der Waals surface area contributed by atoms with Crippen molar-refractivity contribution < 1.29 is 4.79 Å². The summed E-state index contributed by atoms with van der Waals surface area (Å²) >= 11 is 0. The molecule has 2 heterocycles. The molecule has 1 amide bonds. The zero-order chi connectivity index (χ0) is 9.26. The quantitative estimate of drug-likeness (QED) is 0.608. The predicted octanol–water partition coefficient (Wildman–Crippen LogP) is 0.545. The predicted molar refractivity (Wildman–Crippen MR) is 49.8 cm³/mol. The number of nitrogens with one attached hydrogen (secondary N) is 2. The summed E-state index contributed by atoms with van der Waals surface area (Å²) in [5.74, 6) is 0.653. The van der Waals surface area contributed by atoms with Gasteiger partial charge in [0.05, 0.1) is 5.56 Å². The SMILES string of the molecule is Cc1ccnc2c1C(=O)NCCN2. The van der Waals surface area contributed by atoms with Crippen LogP contribution in [0, 0.1) is 6.92 Å². The first-order chi connectivity index (χ1) is 6.29. The Labute approximate surface area is 76.4 Å². The molecular weight excluding hydrogens is 166 g/mol. The molecule has 0 atom stereocenters. The number of fused-ring (bicyclic) bond motifs is 1. The van der Waals surface area contributed by atoms with Crippen molar-refractivity contribution in [3.63, 3.8) is 0 Å². The van der Waals surface area contributed by atoms with E-state index in [9.17, 15) is 4.79 Å². The molecule has 0 fully saturated rings. The van der Waals surface area contributed by atoms with Gasteiger partial charge in [-0.25, -0.2) is 4.98 Å². The number of hydrogen-bond donors (Lipinski definition) is 2. The molecule has 1 aliphatic rings. The van der Waals surface area contributed by atoms with Crippen molar-refractivity contribution >= 4 is 11.7 Å². The molecular formula is C9H11N3O. The molecule has 2 rings (SSSR count). The third-order valence-corrected chi connectivity index (χ3v) is 2.09. The van der Waals surface area contributed by atoms with Crippen LogP contribution in [0.2, 0.25) is 0 Å². The summed E-state index contributed by atoms with van der Waals surface area (Å²) < 4.78 is 0. The zero-order valence-corrected chi connectivity index (χ0v) is 7.42. The minimum absolute atomic E-state index is 0.0365. The molecule has 0 aromatic carbocycles. The molecule has 0 unspecified atom stereocenters. The van der Waals surface area contributed by atoms with Crippen LogP contribution in [0.1, 0.15) is 15.9 Å². The van der Waals surface area contributed by atoms with E-state index in [0.29, 0.717) is 17.9 Å². The lowest BCUT2D eigenvalue weighted by Gasteiger charge is -2.06. The summed E-state index contributed by atoms with van der Waals surface area (Å²) in [6.07, 6.45) is 1.71. The molecule has 1 aliphatic heterocycles. The summed E-state index contributed by atoms with van der Waals surface area (Å²) in [5.41, 5.74) is 1.62. The Bertz CT molecular complexity index is 349.